The van der Waals surface area contributed by atoms with E-state index >= 15 is 0 Å². The molecule has 0 aromatic heterocycles. The van der Waals surface area contributed by atoms with E-state index in [0.717, 1.165) is 32.1 Å². The second-order valence-electron chi connectivity index (χ2n) is 18.6. The Morgan fingerprint density at radius 3 is 1.25 bits per heavy atom. The van der Waals surface area contributed by atoms with Gasteiger partial charge in [-0.15, -0.1) is 0 Å². The van der Waals surface area contributed by atoms with E-state index in [1.165, 1.54) is 180 Å². The third-order valence-corrected chi connectivity index (χ3v) is 12.3. The monoisotopic (exact) mass is 873 g/mol. The van der Waals surface area contributed by atoms with Crippen LogP contribution in [0.4, 0.5) is 0 Å². The lowest BCUT2D eigenvalue weighted by Crippen LogP contribution is -2.37. The van der Waals surface area contributed by atoms with Gasteiger partial charge in [0.15, 0.2) is 6.10 Å². The van der Waals surface area contributed by atoms with Crippen molar-refractivity contribution in [1.29, 1.82) is 0 Å². The van der Waals surface area contributed by atoms with E-state index in [4.69, 9.17) is 18.5 Å². The topological polar surface area (TPSA) is 108 Å². The van der Waals surface area contributed by atoms with Gasteiger partial charge in [0.1, 0.15) is 19.8 Å². The highest BCUT2D eigenvalue weighted by atomic mass is 31.2. The quantitative estimate of drug-likeness (QED) is 0.0212. The average Bonchev–Trinajstić information content (AvgIpc) is 3.20. The molecule has 0 heterocycles. The molecule has 0 spiro atoms. The lowest BCUT2D eigenvalue weighted by Gasteiger charge is -2.24. The summed E-state index contributed by atoms with van der Waals surface area (Å²) < 4.78 is 34.5. The molecule has 0 aromatic rings. The zero-order valence-electron chi connectivity index (χ0n) is 40.2. The number of phosphoric acid groups is 1. The molecule has 0 bridgehead atoms. The van der Waals surface area contributed by atoms with Crippen molar-refractivity contribution in [2.24, 2.45) is 0 Å². The van der Waals surface area contributed by atoms with Crippen LogP contribution in [0, 0.1) is 0 Å². The van der Waals surface area contributed by atoms with E-state index in [1.54, 1.807) is 0 Å². The van der Waals surface area contributed by atoms with Gasteiger partial charge in [-0.25, -0.2) is 4.57 Å². The standard InChI is InChI=1S/C50H98NO8P/c1-6-8-10-12-14-16-18-20-22-24-25-27-29-31-33-35-37-39-41-43-50(53)59-48(47-58-60(54,55)57-45-44-51(3,4)5)46-56-49(52)42-40-38-36-34-32-30-28-26-23-21-19-17-15-13-11-9-7-2/h17,19,48H,6-16,18,20-47H2,1-5H3/p+1/b19-17+/t48-/m1/s1. The van der Waals surface area contributed by atoms with E-state index in [0.29, 0.717) is 23.9 Å². The van der Waals surface area contributed by atoms with Crippen molar-refractivity contribution < 1.29 is 42.1 Å². The highest BCUT2D eigenvalue weighted by Gasteiger charge is 2.27. The molecule has 0 saturated heterocycles. The molecule has 0 aliphatic carbocycles. The van der Waals surface area contributed by atoms with Crippen LogP contribution in [0.1, 0.15) is 245 Å². The summed E-state index contributed by atoms with van der Waals surface area (Å²) in [6, 6.07) is 0. The molecule has 0 aliphatic heterocycles. The number of carbonyl (C=O) groups is 2. The molecule has 0 amide bonds. The van der Waals surface area contributed by atoms with Crippen molar-refractivity contribution in [3.05, 3.63) is 12.2 Å². The molecule has 0 aromatic carbocycles. The number of quaternary nitrogens is 1. The zero-order valence-corrected chi connectivity index (χ0v) is 41.1. The molecular formula is C50H99NO8P+. The Hall–Kier alpha value is -1.25. The number of unbranched alkanes of at least 4 members (excludes halogenated alkanes) is 31. The third kappa shape index (κ3) is 46.3. The minimum Gasteiger partial charge on any atom is -0.462 e. The normalized spacial score (nSPS) is 13.5. The van der Waals surface area contributed by atoms with Gasteiger partial charge >= 0.3 is 19.8 Å². The van der Waals surface area contributed by atoms with Crippen LogP contribution in [0.5, 0.6) is 0 Å². The molecule has 60 heavy (non-hydrogen) atoms. The van der Waals surface area contributed by atoms with E-state index in [1.807, 2.05) is 21.1 Å². The fourth-order valence-electron chi connectivity index (χ4n) is 7.31. The summed E-state index contributed by atoms with van der Waals surface area (Å²) in [6.07, 6.45) is 46.8. The third-order valence-electron chi connectivity index (χ3n) is 11.3. The van der Waals surface area contributed by atoms with Crippen LogP contribution in [0.3, 0.4) is 0 Å². The number of esters is 2. The fourth-order valence-corrected chi connectivity index (χ4v) is 8.05. The highest BCUT2D eigenvalue weighted by Crippen LogP contribution is 2.43. The number of hydrogen-bond acceptors (Lipinski definition) is 7. The van der Waals surface area contributed by atoms with E-state index in [9.17, 15) is 19.0 Å². The Bertz CT molecular complexity index is 1030. The number of carbonyl (C=O) groups excluding carboxylic acids is 2. The molecule has 356 valence electrons. The largest absolute Gasteiger partial charge is 0.472 e. The van der Waals surface area contributed by atoms with Gasteiger partial charge in [-0.3, -0.25) is 18.6 Å². The lowest BCUT2D eigenvalue weighted by atomic mass is 10.0. The summed E-state index contributed by atoms with van der Waals surface area (Å²) in [4.78, 5) is 35.5. The average molecular weight is 873 g/mol. The number of hydrogen-bond donors (Lipinski definition) is 1. The molecule has 1 N–H and O–H groups in total. The molecule has 0 rings (SSSR count). The van der Waals surface area contributed by atoms with Crippen molar-refractivity contribution in [2.75, 3.05) is 47.5 Å². The number of allylic oxidation sites excluding steroid dienone is 2. The van der Waals surface area contributed by atoms with Crippen molar-refractivity contribution in [3.63, 3.8) is 0 Å². The minimum absolute atomic E-state index is 0.0350. The summed E-state index contributed by atoms with van der Waals surface area (Å²) in [5.41, 5.74) is 0. The number of ether oxygens (including phenoxy) is 2. The first-order valence-corrected chi connectivity index (χ1v) is 26.9. The van der Waals surface area contributed by atoms with Crippen LogP contribution in [-0.4, -0.2) is 74.9 Å². The Kier molecular flexibility index (Phi) is 42.1. The predicted octanol–water partition coefficient (Wildman–Crippen LogP) is 14.9. The molecule has 0 fully saturated rings. The van der Waals surface area contributed by atoms with E-state index in [-0.39, 0.29) is 25.6 Å². The number of nitrogens with zero attached hydrogens (tertiary/aromatic N) is 1. The van der Waals surface area contributed by atoms with E-state index < -0.39 is 26.5 Å². The number of likely N-dealkylation sites (N-methyl/N-ethyl adjacent to an activating group) is 1. The zero-order chi connectivity index (χ0) is 44.3. The predicted molar refractivity (Wildman–Crippen MR) is 252 cm³/mol. The second-order valence-corrected chi connectivity index (χ2v) is 20.0. The van der Waals surface area contributed by atoms with Gasteiger partial charge in [0.2, 0.25) is 0 Å². The van der Waals surface area contributed by atoms with Crippen molar-refractivity contribution >= 4 is 19.8 Å². The summed E-state index contributed by atoms with van der Waals surface area (Å²) in [5, 5.41) is 0. The van der Waals surface area contributed by atoms with Crippen LogP contribution >= 0.6 is 7.82 Å². The number of phosphoric ester groups is 1. The van der Waals surface area contributed by atoms with Crippen molar-refractivity contribution in [3.8, 4) is 0 Å². The van der Waals surface area contributed by atoms with Crippen LogP contribution in [0.15, 0.2) is 12.2 Å². The first-order valence-electron chi connectivity index (χ1n) is 25.4. The first-order chi connectivity index (χ1) is 29.0. The van der Waals surface area contributed by atoms with Gasteiger partial charge in [-0.2, -0.15) is 0 Å². The molecule has 0 saturated carbocycles. The summed E-state index contributed by atoms with van der Waals surface area (Å²) in [6.45, 7) is 4.46. The van der Waals surface area contributed by atoms with Gasteiger partial charge in [-0.1, -0.05) is 206 Å². The first kappa shape index (κ1) is 58.8. The molecule has 0 radical (unpaired) electrons. The Morgan fingerprint density at radius 1 is 0.500 bits per heavy atom. The molecular weight excluding hydrogens is 774 g/mol. The maximum Gasteiger partial charge on any atom is 0.472 e. The highest BCUT2D eigenvalue weighted by molar-refractivity contribution is 7.47. The van der Waals surface area contributed by atoms with Crippen LogP contribution in [-0.2, 0) is 32.7 Å². The molecule has 10 heteroatoms. The molecule has 0 aliphatic rings. The van der Waals surface area contributed by atoms with Crippen molar-refractivity contribution in [2.45, 2.75) is 251 Å². The van der Waals surface area contributed by atoms with Crippen LogP contribution < -0.4 is 0 Å². The summed E-state index contributed by atoms with van der Waals surface area (Å²) in [5.74, 6) is -0.786. The molecule has 1 unspecified atom stereocenters. The number of rotatable bonds is 47. The van der Waals surface area contributed by atoms with E-state index in [2.05, 4.69) is 26.0 Å². The minimum atomic E-state index is -4.37. The molecule has 2 atom stereocenters. The Balaban J connectivity index is 4.23. The van der Waals surface area contributed by atoms with Crippen LogP contribution in [0.2, 0.25) is 0 Å². The Morgan fingerprint density at radius 2 is 0.850 bits per heavy atom. The van der Waals surface area contributed by atoms with Gasteiger partial charge in [-0.05, 0) is 38.5 Å². The SMILES string of the molecule is CCCCCC/C=C/CCCCCCCCCCCC(=O)OC[C@H](COP(=O)(O)OCC[N+](C)(C)C)OC(=O)CCCCCCCCCCCCCCCCCCCCC. The Labute approximate surface area is 371 Å². The fraction of sp³-hybridized carbons (Fsp3) is 0.920. The maximum absolute atomic E-state index is 12.7. The van der Waals surface area contributed by atoms with Gasteiger partial charge < -0.3 is 18.9 Å². The van der Waals surface area contributed by atoms with Crippen molar-refractivity contribution in [1.82, 2.24) is 0 Å². The van der Waals surface area contributed by atoms with Gasteiger partial charge in [0, 0.05) is 12.8 Å². The lowest BCUT2D eigenvalue weighted by molar-refractivity contribution is -0.870. The maximum atomic E-state index is 12.7. The second kappa shape index (κ2) is 43.0. The van der Waals surface area contributed by atoms with Gasteiger partial charge in [0.05, 0.1) is 27.7 Å². The molecule has 9 nitrogen and oxygen atoms in total. The smallest absolute Gasteiger partial charge is 0.462 e. The van der Waals surface area contributed by atoms with Gasteiger partial charge in [0.25, 0.3) is 0 Å². The summed E-state index contributed by atoms with van der Waals surface area (Å²) >= 11 is 0. The van der Waals surface area contributed by atoms with Crippen LogP contribution in [0.25, 0.3) is 0 Å². The summed E-state index contributed by atoms with van der Waals surface area (Å²) in [7, 11) is 1.49.